The van der Waals surface area contributed by atoms with Gasteiger partial charge in [0.05, 0.1) is 0 Å². The predicted octanol–water partition coefficient (Wildman–Crippen LogP) is 4.59. The summed E-state index contributed by atoms with van der Waals surface area (Å²) in [6, 6.07) is 0. The van der Waals surface area contributed by atoms with Crippen molar-refractivity contribution in [3.63, 3.8) is 0 Å². The number of rotatable bonds is 5. The summed E-state index contributed by atoms with van der Waals surface area (Å²) >= 11 is 29.9. The maximum Gasteiger partial charge on any atom is 0.241 e. The topological polar surface area (TPSA) is 18.8 Å². The Balaban J connectivity index is 2.89. The second-order valence-electron chi connectivity index (χ2n) is 4.06. The Morgan fingerprint density at radius 3 is 2.22 bits per heavy atom. The molecule has 106 valence electrons. The normalized spacial score (nSPS) is 20.9. The van der Waals surface area contributed by atoms with E-state index in [0.29, 0.717) is 0 Å². The zero-order valence-electron chi connectivity index (χ0n) is 10.2. The number of alkyl halides is 5. The summed E-state index contributed by atoms with van der Waals surface area (Å²) in [5, 5.41) is 6.12. The quantitative estimate of drug-likeness (QED) is 0.531. The fourth-order valence-electron chi connectivity index (χ4n) is 1.79. The molecule has 0 radical (unpaired) electrons. The molecule has 0 aliphatic carbocycles. The lowest BCUT2D eigenvalue weighted by Crippen LogP contribution is -2.54. The van der Waals surface area contributed by atoms with Crippen molar-refractivity contribution in [2.24, 2.45) is 5.10 Å². The van der Waals surface area contributed by atoms with Crippen LogP contribution in [0.15, 0.2) is 5.10 Å². The molecular weight excluding hydrogens is 339 g/mol. The molecule has 0 bridgehead atoms. The van der Waals surface area contributed by atoms with E-state index in [9.17, 15) is 0 Å². The fraction of sp³-hybridized carbons (Fsp3) is 0.900. The minimum Gasteiger partial charge on any atom is -0.304 e. The van der Waals surface area contributed by atoms with Crippen LogP contribution in [0.1, 0.15) is 33.1 Å². The first-order valence-electron chi connectivity index (χ1n) is 5.79. The highest BCUT2D eigenvalue weighted by atomic mass is 35.6. The maximum absolute atomic E-state index is 6.19. The summed E-state index contributed by atoms with van der Waals surface area (Å²) in [7, 11) is 0. The average Bonchev–Trinajstić information content (AvgIpc) is 2.67. The number of halogens is 5. The van der Waals surface area contributed by atoms with Gasteiger partial charge in [0.25, 0.3) is 0 Å². The molecule has 0 aromatic rings. The summed E-state index contributed by atoms with van der Waals surface area (Å²) in [5.41, 5.74) is 0. The van der Waals surface area contributed by atoms with Gasteiger partial charge in [-0.05, 0) is 19.8 Å². The lowest BCUT2D eigenvalue weighted by Gasteiger charge is -2.40. The Bertz CT molecular complexity index is 302. The van der Waals surface area contributed by atoms with Gasteiger partial charge in [0.15, 0.2) is 0 Å². The second kappa shape index (κ2) is 6.45. The largest absolute Gasteiger partial charge is 0.304 e. The third kappa shape index (κ3) is 3.43. The zero-order valence-corrected chi connectivity index (χ0v) is 14.0. The first-order chi connectivity index (χ1) is 8.25. The molecule has 0 saturated carbocycles. The maximum atomic E-state index is 6.19. The van der Waals surface area contributed by atoms with E-state index >= 15 is 0 Å². The lowest BCUT2D eigenvalue weighted by atomic mass is 10.2. The van der Waals surface area contributed by atoms with Gasteiger partial charge in [-0.25, -0.2) is 0 Å². The van der Waals surface area contributed by atoms with E-state index in [4.69, 9.17) is 58.0 Å². The van der Waals surface area contributed by atoms with Crippen LogP contribution >= 0.6 is 58.0 Å². The Morgan fingerprint density at radius 1 is 1.17 bits per heavy atom. The van der Waals surface area contributed by atoms with Crippen molar-refractivity contribution in [2.75, 3.05) is 6.54 Å². The first kappa shape index (κ1) is 16.8. The molecule has 0 saturated heterocycles. The Morgan fingerprint density at radius 2 is 1.78 bits per heavy atom. The molecule has 0 N–H and O–H groups in total. The van der Waals surface area contributed by atoms with Gasteiger partial charge in [0.1, 0.15) is 12.5 Å². The molecule has 0 amide bonds. The van der Waals surface area contributed by atoms with Gasteiger partial charge >= 0.3 is 0 Å². The van der Waals surface area contributed by atoms with Gasteiger partial charge < -0.3 is 4.90 Å². The number of hydrazone groups is 1. The van der Waals surface area contributed by atoms with E-state index in [0.717, 1.165) is 25.8 Å². The second-order valence-corrected chi connectivity index (χ2v) is 7.62. The van der Waals surface area contributed by atoms with Crippen molar-refractivity contribution in [3.8, 4) is 0 Å². The van der Waals surface area contributed by atoms with Crippen LogP contribution in [0.25, 0.3) is 0 Å². The molecule has 1 aliphatic heterocycles. The van der Waals surface area contributed by atoms with Gasteiger partial charge in [0.2, 0.25) is 8.25 Å². The van der Waals surface area contributed by atoms with Gasteiger partial charge in [-0.1, -0.05) is 71.3 Å². The van der Waals surface area contributed by atoms with Crippen LogP contribution in [0.4, 0.5) is 0 Å². The van der Waals surface area contributed by atoms with Gasteiger partial charge in [-0.3, -0.25) is 5.01 Å². The third-order valence-corrected chi connectivity index (χ3v) is 5.15. The molecule has 0 spiro atoms. The van der Waals surface area contributed by atoms with Crippen molar-refractivity contribution >= 4 is 64.3 Å². The minimum absolute atomic E-state index is 0.0828. The SMILES string of the molecule is CCCCC1N(CC)N=CN1C(Cl)(Cl)C(Cl)(Cl)Cl. The van der Waals surface area contributed by atoms with Crippen LogP contribution in [0, 0.1) is 0 Å². The van der Waals surface area contributed by atoms with Crippen LogP contribution < -0.4 is 0 Å². The van der Waals surface area contributed by atoms with E-state index in [-0.39, 0.29) is 6.17 Å². The van der Waals surface area contributed by atoms with Crippen LogP contribution in [0.2, 0.25) is 0 Å². The molecule has 0 aromatic carbocycles. The molecule has 3 nitrogen and oxygen atoms in total. The van der Waals surface area contributed by atoms with E-state index in [1.165, 1.54) is 6.34 Å². The third-order valence-electron chi connectivity index (χ3n) is 2.79. The summed E-state index contributed by atoms with van der Waals surface area (Å²) in [5.74, 6) is 0. The number of hydrogen-bond donors (Lipinski definition) is 0. The summed E-state index contributed by atoms with van der Waals surface area (Å²) < 4.78 is -3.47. The number of hydrogen-bond acceptors (Lipinski definition) is 3. The average molecular weight is 356 g/mol. The molecule has 1 rings (SSSR count). The highest BCUT2D eigenvalue weighted by molar-refractivity contribution is 6.75. The van der Waals surface area contributed by atoms with Crippen LogP contribution in [0.3, 0.4) is 0 Å². The zero-order chi connectivity index (χ0) is 14.0. The molecule has 1 unspecified atom stereocenters. The standard InChI is InChI=1S/C10H16Cl5N3/c1-3-5-6-8-17(7-16-18(8)4-2)10(14,15)9(11,12)13/h7-8H,3-6H2,1-2H3. The van der Waals surface area contributed by atoms with Crippen molar-refractivity contribution in [1.82, 2.24) is 9.91 Å². The molecular formula is C10H16Cl5N3. The molecule has 1 atom stereocenters. The van der Waals surface area contributed by atoms with E-state index in [2.05, 4.69) is 12.0 Å². The van der Waals surface area contributed by atoms with Gasteiger partial charge in [-0.15, -0.1) is 0 Å². The lowest BCUT2D eigenvalue weighted by molar-refractivity contribution is 0.108. The highest BCUT2D eigenvalue weighted by Crippen LogP contribution is 2.49. The molecule has 18 heavy (non-hydrogen) atoms. The van der Waals surface area contributed by atoms with Crippen molar-refractivity contribution in [1.29, 1.82) is 0 Å². The van der Waals surface area contributed by atoms with Crippen LogP contribution in [-0.2, 0) is 0 Å². The smallest absolute Gasteiger partial charge is 0.241 e. The Hall–Kier alpha value is 0.720. The van der Waals surface area contributed by atoms with Gasteiger partial charge in [0, 0.05) is 6.54 Å². The molecule has 1 aliphatic rings. The predicted molar refractivity (Wildman–Crippen MR) is 80.8 cm³/mol. The number of unbranched alkanes of at least 4 members (excludes halogenated alkanes) is 1. The van der Waals surface area contributed by atoms with E-state index in [1.807, 2.05) is 11.9 Å². The molecule has 8 heteroatoms. The number of nitrogens with zero attached hydrogens (tertiary/aromatic N) is 3. The molecule has 0 fully saturated rings. The van der Waals surface area contributed by atoms with Crippen molar-refractivity contribution in [3.05, 3.63) is 0 Å². The summed E-state index contributed by atoms with van der Waals surface area (Å²) in [6.45, 7) is 4.85. The molecule has 1 heterocycles. The monoisotopic (exact) mass is 353 g/mol. The fourth-order valence-corrected chi connectivity index (χ4v) is 2.40. The Kier molecular flexibility index (Phi) is 6.01. The molecule has 0 aromatic heterocycles. The highest BCUT2D eigenvalue weighted by Gasteiger charge is 2.54. The van der Waals surface area contributed by atoms with Crippen molar-refractivity contribution in [2.45, 2.75) is 47.5 Å². The van der Waals surface area contributed by atoms with Crippen LogP contribution in [0.5, 0.6) is 0 Å². The van der Waals surface area contributed by atoms with Gasteiger partial charge in [-0.2, -0.15) is 5.10 Å². The van der Waals surface area contributed by atoms with E-state index < -0.39 is 8.25 Å². The minimum atomic E-state index is -1.82. The summed E-state index contributed by atoms with van der Waals surface area (Å²) in [6.07, 6.45) is 4.39. The van der Waals surface area contributed by atoms with Crippen molar-refractivity contribution < 1.29 is 0 Å². The summed E-state index contributed by atoms with van der Waals surface area (Å²) in [4.78, 5) is 1.60. The van der Waals surface area contributed by atoms with Crippen LogP contribution in [-0.4, -0.2) is 37.2 Å². The Labute approximate surface area is 133 Å². The van der Waals surface area contributed by atoms with E-state index in [1.54, 1.807) is 4.90 Å². The first-order valence-corrected chi connectivity index (χ1v) is 7.68.